The molecule has 3 rings (SSSR count). The van der Waals surface area contributed by atoms with Crippen molar-refractivity contribution >= 4 is 51.3 Å². The summed E-state index contributed by atoms with van der Waals surface area (Å²) < 4.78 is 15.0. The van der Waals surface area contributed by atoms with E-state index in [1.165, 1.54) is 17.0 Å². The monoisotopic (exact) mass is 424 g/mol. The Morgan fingerprint density at radius 1 is 1.23 bits per heavy atom. The highest BCUT2D eigenvalue weighted by atomic mass is 79.9. The van der Waals surface area contributed by atoms with E-state index in [9.17, 15) is 4.39 Å². The zero-order valence-electron chi connectivity index (χ0n) is 11.7. The molecule has 0 saturated carbocycles. The maximum atomic E-state index is 13.4. The summed E-state index contributed by atoms with van der Waals surface area (Å²) in [6.45, 7) is 3.86. The number of nitrogens with zero attached hydrogens (tertiary/aromatic N) is 1. The number of hydrogen-bond donors (Lipinski definition) is 1. The van der Waals surface area contributed by atoms with Gasteiger partial charge in [0.1, 0.15) is 5.82 Å². The van der Waals surface area contributed by atoms with E-state index in [1.807, 2.05) is 12.1 Å². The van der Waals surface area contributed by atoms with E-state index >= 15 is 0 Å². The lowest BCUT2D eigenvalue weighted by Gasteiger charge is -2.35. The van der Waals surface area contributed by atoms with E-state index in [0.717, 1.165) is 40.6 Å². The fourth-order valence-electron chi connectivity index (χ4n) is 2.67. The van der Waals surface area contributed by atoms with E-state index in [1.54, 1.807) is 11.3 Å². The van der Waals surface area contributed by atoms with Gasteiger partial charge in [-0.3, -0.25) is 4.90 Å². The van der Waals surface area contributed by atoms with Crippen molar-refractivity contribution in [1.29, 1.82) is 0 Å². The molecule has 1 aromatic heterocycles. The van der Waals surface area contributed by atoms with Crippen molar-refractivity contribution in [3.63, 3.8) is 0 Å². The summed E-state index contributed by atoms with van der Waals surface area (Å²) >= 11 is 11.2. The van der Waals surface area contributed by atoms with Gasteiger partial charge in [0.2, 0.25) is 0 Å². The van der Waals surface area contributed by atoms with E-state index in [4.69, 9.17) is 11.6 Å². The highest BCUT2D eigenvalue weighted by Gasteiger charge is 2.26. The highest BCUT2D eigenvalue weighted by Crippen LogP contribution is 2.38. The Hall–Kier alpha value is -0.170. The molecule has 0 unspecified atom stereocenters. The summed E-state index contributed by atoms with van der Waals surface area (Å²) in [7, 11) is 0. The molecule has 1 N–H and O–H groups in total. The van der Waals surface area contributed by atoms with Crippen molar-refractivity contribution in [1.82, 2.24) is 10.2 Å². The van der Waals surface area contributed by atoms with Crippen LogP contribution >= 0.6 is 51.3 Å². The third-order valence-electron chi connectivity index (χ3n) is 3.64. The minimum atomic E-state index is -0.228. The normalized spacial score (nSPS) is 17.0. The molecule has 2 nitrogen and oxygen atoms in total. The second-order valence-corrected chi connectivity index (χ2v) is 7.60. The third kappa shape index (κ3) is 4.02. The number of thiophene rings is 1. The van der Waals surface area contributed by atoms with Crippen LogP contribution in [-0.2, 0) is 0 Å². The van der Waals surface area contributed by atoms with Crippen LogP contribution in [0.4, 0.5) is 4.39 Å². The predicted octanol–water partition coefficient (Wildman–Crippen LogP) is 4.72. The van der Waals surface area contributed by atoms with Gasteiger partial charge in [-0.25, -0.2) is 4.39 Å². The molecule has 0 spiro atoms. The van der Waals surface area contributed by atoms with Crippen LogP contribution < -0.4 is 5.32 Å². The van der Waals surface area contributed by atoms with Crippen LogP contribution in [0.25, 0.3) is 0 Å². The standard InChI is InChI=1S/C15H15BrClFN2S.ClH/c16-12-9-10(18)1-2-11(12)15(13-3-4-14(17)21-13)20-7-5-19-6-8-20;/h1-4,9,15,19H,5-8H2;1H/t15-;/m0./s1. The van der Waals surface area contributed by atoms with Gasteiger partial charge in [0.05, 0.1) is 10.4 Å². The maximum absolute atomic E-state index is 13.4. The van der Waals surface area contributed by atoms with Gasteiger partial charge in [-0.05, 0) is 29.8 Å². The molecule has 22 heavy (non-hydrogen) atoms. The first kappa shape index (κ1) is 18.2. The first-order valence-electron chi connectivity index (χ1n) is 6.80. The van der Waals surface area contributed by atoms with Gasteiger partial charge in [-0.15, -0.1) is 23.7 Å². The summed E-state index contributed by atoms with van der Waals surface area (Å²) in [5.41, 5.74) is 1.08. The summed E-state index contributed by atoms with van der Waals surface area (Å²) in [6, 6.07) is 9.01. The molecule has 0 amide bonds. The Kier molecular flexibility index (Phi) is 6.68. The molecule has 2 aromatic rings. The topological polar surface area (TPSA) is 15.3 Å². The number of hydrogen-bond acceptors (Lipinski definition) is 3. The fraction of sp³-hybridized carbons (Fsp3) is 0.333. The molecule has 120 valence electrons. The zero-order chi connectivity index (χ0) is 14.8. The van der Waals surface area contributed by atoms with E-state index < -0.39 is 0 Å². The quantitative estimate of drug-likeness (QED) is 0.765. The van der Waals surface area contributed by atoms with Crippen molar-refractivity contribution in [3.05, 3.63) is 55.4 Å². The second-order valence-electron chi connectivity index (χ2n) is 5.00. The maximum Gasteiger partial charge on any atom is 0.124 e. The Labute approximate surface area is 153 Å². The van der Waals surface area contributed by atoms with Gasteiger partial charge in [0, 0.05) is 35.5 Å². The van der Waals surface area contributed by atoms with Crippen LogP contribution in [-0.4, -0.2) is 31.1 Å². The third-order valence-corrected chi connectivity index (χ3v) is 5.61. The van der Waals surface area contributed by atoms with Crippen molar-refractivity contribution in [2.45, 2.75) is 6.04 Å². The van der Waals surface area contributed by atoms with E-state index in [-0.39, 0.29) is 24.3 Å². The summed E-state index contributed by atoms with van der Waals surface area (Å²) in [5, 5.41) is 3.37. The lowest BCUT2D eigenvalue weighted by atomic mass is 10.0. The van der Waals surface area contributed by atoms with Crippen LogP contribution in [0.1, 0.15) is 16.5 Å². The van der Waals surface area contributed by atoms with Gasteiger partial charge in [0.25, 0.3) is 0 Å². The molecule has 1 aliphatic heterocycles. The molecule has 1 aromatic carbocycles. The molecule has 1 saturated heterocycles. The smallest absolute Gasteiger partial charge is 0.124 e. The zero-order valence-corrected chi connectivity index (χ0v) is 15.7. The molecule has 1 fully saturated rings. The SMILES string of the molecule is Cl.Fc1ccc([C@@H](c2ccc(Cl)s2)N2CCNCC2)c(Br)c1. The number of rotatable bonds is 3. The average Bonchev–Trinajstić information content (AvgIpc) is 2.89. The van der Waals surface area contributed by atoms with Gasteiger partial charge in [-0.2, -0.15) is 0 Å². The molecule has 1 atom stereocenters. The van der Waals surface area contributed by atoms with E-state index in [2.05, 4.69) is 32.2 Å². The van der Waals surface area contributed by atoms with Crippen LogP contribution in [0.2, 0.25) is 4.34 Å². The summed E-state index contributed by atoms with van der Waals surface area (Å²) in [6.07, 6.45) is 0. The van der Waals surface area contributed by atoms with Crippen LogP contribution in [0, 0.1) is 5.82 Å². The molecule has 0 radical (unpaired) electrons. The highest BCUT2D eigenvalue weighted by molar-refractivity contribution is 9.10. The Morgan fingerprint density at radius 2 is 1.95 bits per heavy atom. The Bertz CT molecular complexity index is 632. The lowest BCUT2D eigenvalue weighted by molar-refractivity contribution is 0.200. The number of benzene rings is 1. The van der Waals surface area contributed by atoms with Crippen molar-refractivity contribution in [2.75, 3.05) is 26.2 Å². The largest absolute Gasteiger partial charge is 0.314 e. The predicted molar refractivity (Wildman–Crippen MR) is 97.0 cm³/mol. The van der Waals surface area contributed by atoms with Crippen molar-refractivity contribution in [2.24, 2.45) is 0 Å². The molecule has 1 aliphatic rings. The van der Waals surface area contributed by atoms with Crippen molar-refractivity contribution < 1.29 is 4.39 Å². The number of piperazine rings is 1. The van der Waals surface area contributed by atoms with Crippen LogP contribution in [0.5, 0.6) is 0 Å². The Morgan fingerprint density at radius 3 is 2.55 bits per heavy atom. The number of nitrogens with one attached hydrogen (secondary N) is 1. The average molecular weight is 426 g/mol. The van der Waals surface area contributed by atoms with Crippen molar-refractivity contribution in [3.8, 4) is 0 Å². The summed E-state index contributed by atoms with van der Waals surface area (Å²) in [5.74, 6) is -0.228. The minimum Gasteiger partial charge on any atom is -0.314 e. The molecule has 2 heterocycles. The van der Waals surface area contributed by atoms with Gasteiger partial charge < -0.3 is 5.32 Å². The molecular weight excluding hydrogens is 410 g/mol. The number of halogens is 4. The summed E-state index contributed by atoms with van der Waals surface area (Å²) in [4.78, 5) is 3.60. The van der Waals surface area contributed by atoms with Gasteiger partial charge in [0.15, 0.2) is 0 Å². The molecule has 0 bridgehead atoms. The van der Waals surface area contributed by atoms with Crippen LogP contribution in [0.15, 0.2) is 34.8 Å². The fourth-order valence-corrected chi connectivity index (χ4v) is 4.45. The molecular formula is C15H16BrCl2FN2S. The van der Waals surface area contributed by atoms with E-state index in [0.29, 0.717) is 0 Å². The van der Waals surface area contributed by atoms with Gasteiger partial charge in [-0.1, -0.05) is 33.6 Å². The lowest BCUT2D eigenvalue weighted by Crippen LogP contribution is -2.45. The molecule has 0 aliphatic carbocycles. The van der Waals surface area contributed by atoms with Gasteiger partial charge >= 0.3 is 0 Å². The minimum absolute atomic E-state index is 0. The first-order chi connectivity index (χ1) is 10.1. The molecule has 7 heteroatoms. The Balaban J connectivity index is 0.00000176. The second kappa shape index (κ2) is 8.08. The van der Waals surface area contributed by atoms with Crippen LogP contribution in [0.3, 0.4) is 0 Å². The first-order valence-corrected chi connectivity index (χ1v) is 8.79.